The van der Waals surface area contributed by atoms with Gasteiger partial charge in [0.15, 0.2) is 0 Å². The lowest BCUT2D eigenvalue weighted by molar-refractivity contribution is -0.127. The van der Waals surface area contributed by atoms with E-state index in [1.807, 2.05) is 119 Å². The molecule has 6 heteroatoms. The Morgan fingerprint density at radius 1 is 0.556 bits per heavy atom. The smallest absolute Gasteiger partial charge is 0.254 e. The predicted octanol–water partition coefficient (Wildman–Crippen LogP) is 10.1. The highest BCUT2D eigenvalue weighted by atomic mass is 16.5. The lowest BCUT2D eigenvalue weighted by Crippen LogP contribution is -2.39. The molecule has 2 amide bonds. The van der Waals surface area contributed by atoms with Gasteiger partial charge in [0.2, 0.25) is 5.91 Å². The molecule has 6 aromatic carbocycles. The number of carbonyl (C=O) groups is 2. The van der Waals surface area contributed by atoms with Crippen LogP contribution in [-0.2, 0) is 22.7 Å². The average molecular weight is 709 g/mol. The van der Waals surface area contributed by atoms with Gasteiger partial charge in [-0.25, -0.2) is 0 Å². The highest BCUT2D eigenvalue weighted by Crippen LogP contribution is 2.39. The van der Waals surface area contributed by atoms with E-state index in [0.29, 0.717) is 48.8 Å². The number of ether oxygens (including phenoxy) is 2. The van der Waals surface area contributed by atoms with Crippen molar-refractivity contribution in [1.29, 1.82) is 0 Å². The Balaban J connectivity index is 1.02. The van der Waals surface area contributed by atoms with Crippen LogP contribution < -0.4 is 9.47 Å². The third kappa shape index (κ3) is 7.19. The number of benzene rings is 6. The van der Waals surface area contributed by atoms with Crippen molar-refractivity contribution < 1.29 is 19.1 Å². The highest BCUT2D eigenvalue weighted by Gasteiger charge is 2.32. The summed E-state index contributed by atoms with van der Waals surface area (Å²) in [5.41, 5.74) is 7.79. The van der Waals surface area contributed by atoms with Gasteiger partial charge in [0.1, 0.15) is 23.0 Å². The van der Waals surface area contributed by atoms with Gasteiger partial charge in [-0.15, -0.1) is 0 Å². The Labute approximate surface area is 316 Å². The molecule has 2 aliphatic heterocycles. The van der Waals surface area contributed by atoms with E-state index in [1.165, 1.54) is 6.08 Å². The van der Waals surface area contributed by atoms with E-state index in [9.17, 15) is 9.59 Å². The van der Waals surface area contributed by atoms with Gasteiger partial charge in [-0.3, -0.25) is 9.59 Å². The number of rotatable bonds is 9. The first kappa shape index (κ1) is 34.4. The summed E-state index contributed by atoms with van der Waals surface area (Å²) in [5.74, 6) is 2.58. The Kier molecular flexibility index (Phi) is 9.65. The number of hydrogen-bond donors (Lipinski definition) is 0. The molecule has 6 nitrogen and oxygen atoms in total. The fourth-order valence-electron chi connectivity index (χ4n) is 7.60. The number of hydrogen-bond acceptors (Lipinski definition) is 4. The van der Waals surface area contributed by atoms with Gasteiger partial charge >= 0.3 is 0 Å². The van der Waals surface area contributed by atoms with E-state index < -0.39 is 0 Å². The van der Waals surface area contributed by atoms with E-state index in [4.69, 9.17) is 9.47 Å². The lowest BCUT2D eigenvalue weighted by Gasteiger charge is -2.36. The Morgan fingerprint density at radius 3 is 1.61 bits per heavy atom. The van der Waals surface area contributed by atoms with Crippen LogP contribution in [0.5, 0.6) is 23.0 Å². The monoisotopic (exact) mass is 708 g/mol. The van der Waals surface area contributed by atoms with Crippen LogP contribution in [0.1, 0.15) is 50.8 Å². The van der Waals surface area contributed by atoms with Crippen LogP contribution in [0.3, 0.4) is 0 Å². The Hall–Kier alpha value is -6.66. The molecule has 0 bridgehead atoms. The van der Waals surface area contributed by atoms with Crippen molar-refractivity contribution in [2.24, 2.45) is 0 Å². The largest absolute Gasteiger partial charge is 0.457 e. The summed E-state index contributed by atoms with van der Waals surface area (Å²) in [6, 6.07) is 50.0. The zero-order valence-corrected chi connectivity index (χ0v) is 29.9. The zero-order chi connectivity index (χ0) is 37.0. The molecule has 0 saturated heterocycles. The number of nitrogens with zero attached hydrogens (tertiary/aromatic N) is 2. The molecule has 0 N–H and O–H groups in total. The molecule has 8 rings (SSSR count). The van der Waals surface area contributed by atoms with Gasteiger partial charge in [0.25, 0.3) is 5.91 Å². The first-order valence-corrected chi connectivity index (χ1v) is 18.2. The second-order valence-electron chi connectivity index (χ2n) is 13.8. The maximum Gasteiger partial charge on any atom is 0.254 e. The molecule has 0 radical (unpaired) electrons. The normalized spacial score (nSPS) is 16.1. The average Bonchev–Trinajstić information content (AvgIpc) is 3.23. The number of carbonyl (C=O) groups excluding carboxylic acids is 2. The maximum atomic E-state index is 14.2. The summed E-state index contributed by atoms with van der Waals surface area (Å²) in [6.45, 7) is 10.0. The van der Waals surface area contributed by atoms with E-state index in [-0.39, 0.29) is 23.7 Å². The summed E-state index contributed by atoms with van der Waals surface area (Å²) < 4.78 is 12.6. The van der Waals surface area contributed by atoms with Gasteiger partial charge in [-0.1, -0.05) is 116 Å². The predicted molar refractivity (Wildman–Crippen MR) is 213 cm³/mol. The van der Waals surface area contributed by atoms with Crippen molar-refractivity contribution in [3.05, 3.63) is 210 Å². The topological polar surface area (TPSA) is 59.1 Å². The van der Waals surface area contributed by atoms with Gasteiger partial charge in [-0.05, 0) is 93.6 Å². The second-order valence-corrected chi connectivity index (χ2v) is 13.8. The summed E-state index contributed by atoms with van der Waals surface area (Å²) in [5, 5.41) is 0. The Morgan fingerprint density at radius 2 is 1.04 bits per heavy atom. The Bertz CT molecular complexity index is 2340. The van der Waals surface area contributed by atoms with Crippen molar-refractivity contribution in [3.8, 4) is 23.0 Å². The number of amides is 2. The van der Waals surface area contributed by atoms with Crippen LogP contribution in [0.15, 0.2) is 171 Å². The van der Waals surface area contributed by atoms with Crippen LogP contribution in [0, 0.1) is 0 Å². The highest BCUT2D eigenvalue weighted by molar-refractivity contribution is 6.18. The summed E-state index contributed by atoms with van der Waals surface area (Å²) in [4.78, 5) is 30.6. The zero-order valence-electron chi connectivity index (χ0n) is 29.9. The van der Waals surface area contributed by atoms with Crippen molar-refractivity contribution in [1.82, 2.24) is 9.80 Å². The molecule has 0 unspecified atom stereocenters. The molecular formula is C48H40N2O4. The third-order valence-corrected chi connectivity index (χ3v) is 10.3. The maximum absolute atomic E-state index is 14.2. The lowest BCUT2D eigenvalue weighted by atomic mass is 9.84. The quantitative estimate of drug-likeness (QED) is 0.140. The van der Waals surface area contributed by atoms with E-state index in [1.54, 1.807) is 0 Å². The first-order chi connectivity index (χ1) is 26.4. The molecule has 6 aromatic rings. The molecule has 2 heterocycles. The fourth-order valence-corrected chi connectivity index (χ4v) is 7.60. The van der Waals surface area contributed by atoms with E-state index in [0.717, 1.165) is 44.9 Å². The molecule has 2 aliphatic rings. The van der Waals surface area contributed by atoms with Gasteiger partial charge in [0.05, 0.1) is 0 Å². The summed E-state index contributed by atoms with van der Waals surface area (Å²) in [6.07, 6.45) is 1.38. The summed E-state index contributed by atoms with van der Waals surface area (Å²) in [7, 11) is 0. The molecule has 0 aliphatic carbocycles. The molecule has 54 heavy (non-hydrogen) atoms. The van der Waals surface area contributed by atoms with Crippen LogP contribution in [0.25, 0.3) is 5.57 Å². The molecule has 2 atom stereocenters. The number of para-hydroxylation sites is 1. The van der Waals surface area contributed by atoms with Crippen molar-refractivity contribution in [3.63, 3.8) is 0 Å². The first-order valence-electron chi connectivity index (χ1n) is 18.2. The molecular weight excluding hydrogens is 669 g/mol. The van der Waals surface area contributed by atoms with Crippen molar-refractivity contribution in [2.75, 3.05) is 13.1 Å². The second kappa shape index (κ2) is 15.1. The molecule has 0 saturated carbocycles. The molecule has 0 spiro atoms. The van der Waals surface area contributed by atoms with Crippen LogP contribution >= 0.6 is 0 Å². The van der Waals surface area contributed by atoms with Gasteiger partial charge in [0, 0.05) is 43.6 Å². The van der Waals surface area contributed by atoms with Crippen LogP contribution in [0.2, 0.25) is 0 Å². The van der Waals surface area contributed by atoms with Crippen molar-refractivity contribution >= 4 is 17.4 Å². The molecule has 0 aromatic heterocycles. The minimum absolute atomic E-state index is 0.0107. The fraction of sp³-hybridized carbons (Fsp3) is 0.125. The third-order valence-electron chi connectivity index (χ3n) is 10.3. The van der Waals surface area contributed by atoms with E-state index in [2.05, 4.69) is 55.6 Å². The van der Waals surface area contributed by atoms with Gasteiger partial charge < -0.3 is 19.3 Å². The minimum atomic E-state index is -0.124. The van der Waals surface area contributed by atoms with E-state index >= 15 is 0 Å². The van der Waals surface area contributed by atoms with Crippen LogP contribution in [-0.4, -0.2) is 34.7 Å². The van der Waals surface area contributed by atoms with Crippen molar-refractivity contribution in [2.45, 2.75) is 24.9 Å². The summed E-state index contributed by atoms with van der Waals surface area (Å²) >= 11 is 0. The minimum Gasteiger partial charge on any atom is -0.457 e. The number of fused-ring (bicyclic) bond motifs is 2. The molecule has 0 fully saturated rings. The van der Waals surface area contributed by atoms with Gasteiger partial charge in [-0.2, -0.15) is 0 Å². The van der Waals surface area contributed by atoms with Crippen LogP contribution in [0.4, 0.5) is 0 Å². The SMILES string of the molecule is C=CC(=O)N1Cc2ccc(Oc3cccc(C(=C)C(=O)N4Cc5ccc(Oc6ccccc6)cc5[C@@H](c5ccccc5)C4)c3)cc2[C@H](c2ccccc2)C1. The molecule has 266 valence electrons. The standard InChI is InChI=1S/C48H40N2O4/c1-3-47(51)49-29-37-22-25-42(28-43(37)45(31-49)34-14-7-4-8-15-34)54-40-21-13-18-36(26-40)33(2)48(52)50-30-38-23-24-41(53-39-19-11-6-12-20-39)27-44(38)46(32-50)35-16-9-5-10-17-35/h3-28,45-46H,1-2,29-32H2/t45-,46+/m0/s1.